The van der Waals surface area contributed by atoms with Crippen LogP contribution in [0.15, 0.2) is 41.3 Å². The van der Waals surface area contributed by atoms with Gasteiger partial charge in [-0.15, -0.1) is 0 Å². The molecular formula is C18H23NO4S. The van der Waals surface area contributed by atoms with Crippen molar-refractivity contribution in [3.8, 4) is 11.5 Å². The van der Waals surface area contributed by atoms with Crippen molar-refractivity contribution in [3.05, 3.63) is 53.1 Å². The Morgan fingerprint density at radius 1 is 1.00 bits per heavy atom. The van der Waals surface area contributed by atoms with Crippen molar-refractivity contribution in [1.82, 2.24) is 4.72 Å². The van der Waals surface area contributed by atoms with E-state index in [1.165, 1.54) is 0 Å². The van der Waals surface area contributed by atoms with Crippen LogP contribution in [0.4, 0.5) is 0 Å². The largest absolute Gasteiger partial charge is 0.497 e. The predicted molar refractivity (Wildman–Crippen MR) is 94.2 cm³/mol. The number of hydrogen-bond donors (Lipinski definition) is 1. The van der Waals surface area contributed by atoms with Crippen LogP contribution < -0.4 is 14.2 Å². The fourth-order valence-corrected chi connectivity index (χ4v) is 4.09. The van der Waals surface area contributed by atoms with Gasteiger partial charge in [-0.25, -0.2) is 13.1 Å². The van der Waals surface area contributed by atoms with Crippen LogP contribution in [-0.4, -0.2) is 22.6 Å². The van der Waals surface area contributed by atoms with E-state index in [1.807, 2.05) is 13.0 Å². The Balaban J connectivity index is 2.36. The minimum atomic E-state index is -3.65. The molecule has 5 nitrogen and oxygen atoms in total. The van der Waals surface area contributed by atoms with Gasteiger partial charge in [-0.2, -0.15) is 0 Å². The molecule has 2 aromatic carbocycles. The molecule has 24 heavy (non-hydrogen) atoms. The standard InChI is InChI=1S/C18H23NO4S/c1-12-6-9-18(13(2)10-12)24(20,21)19-14(3)16-11-15(22-4)7-8-17(16)23-5/h6-11,14,19H,1-5H3. The number of aryl methyl sites for hydroxylation is 2. The summed E-state index contributed by atoms with van der Waals surface area (Å²) in [7, 11) is -0.528. The monoisotopic (exact) mass is 349 g/mol. The van der Waals surface area contributed by atoms with E-state index >= 15 is 0 Å². The van der Waals surface area contributed by atoms with Crippen molar-refractivity contribution in [2.45, 2.75) is 31.7 Å². The molecular weight excluding hydrogens is 326 g/mol. The summed E-state index contributed by atoms with van der Waals surface area (Å²) >= 11 is 0. The van der Waals surface area contributed by atoms with Crippen LogP contribution in [0.2, 0.25) is 0 Å². The third-order valence-electron chi connectivity index (χ3n) is 3.86. The van der Waals surface area contributed by atoms with Crippen molar-refractivity contribution >= 4 is 10.0 Å². The third-order valence-corrected chi connectivity index (χ3v) is 5.56. The van der Waals surface area contributed by atoms with Gasteiger partial charge in [-0.3, -0.25) is 0 Å². The summed E-state index contributed by atoms with van der Waals surface area (Å²) in [5.74, 6) is 1.25. The maximum Gasteiger partial charge on any atom is 0.241 e. The van der Waals surface area contributed by atoms with Gasteiger partial charge >= 0.3 is 0 Å². The molecule has 1 N–H and O–H groups in total. The fraction of sp³-hybridized carbons (Fsp3) is 0.333. The van der Waals surface area contributed by atoms with Crippen molar-refractivity contribution < 1.29 is 17.9 Å². The first-order chi connectivity index (χ1) is 11.3. The van der Waals surface area contributed by atoms with E-state index in [4.69, 9.17) is 9.47 Å². The molecule has 6 heteroatoms. The van der Waals surface area contributed by atoms with Gasteiger partial charge in [0.15, 0.2) is 0 Å². The lowest BCUT2D eigenvalue weighted by Crippen LogP contribution is -2.27. The highest BCUT2D eigenvalue weighted by molar-refractivity contribution is 7.89. The Bertz CT molecular complexity index is 831. The Hall–Kier alpha value is -2.05. The Kier molecular flexibility index (Phi) is 5.51. The number of hydrogen-bond acceptors (Lipinski definition) is 4. The van der Waals surface area contributed by atoms with Crippen LogP contribution in [0.1, 0.15) is 29.7 Å². The first-order valence-electron chi connectivity index (χ1n) is 7.60. The average molecular weight is 349 g/mol. The molecule has 0 aromatic heterocycles. The molecule has 2 aromatic rings. The summed E-state index contributed by atoms with van der Waals surface area (Å²) in [6, 6.07) is 10.1. The van der Waals surface area contributed by atoms with Crippen LogP contribution in [0.3, 0.4) is 0 Å². The second kappa shape index (κ2) is 7.23. The molecule has 0 heterocycles. The lowest BCUT2D eigenvalue weighted by Gasteiger charge is -2.19. The lowest BCUT2D eigenvalue weighted by atomic mass is 10.1. The predicted octanol–water partition coefficient (Wildman–Crippen LogP) is 3.36. The summed E-state index contributed by atoms with van der Waals surface area (Å²) in [6.45, 7) is 5.50. The van der Waals surface area contributed by atoms with E-state index in [0.29, 0.717) is 22.6 Å². The van der Waals surface area contributed by atoms with E-state index < -0.39 is 16.1 Å². The topological polar surface area (TPSA) is 64.6 Å². The zero-order chi connectivity index (χ0) is 17.9. The first-order valence-corrected chi connectivity index (χ1v) is 9.08. The summed E-state index contributed by atoms with van der Waals surface area (Å²) in [4.78, 5) is 0.279. The Labute approximate surface area is 143 Å². The molecule has 0 aliphatic heterocycles. The van der Waals surface area contributed by atoms with E-state index in [-0.39, 0.29) is 4.90 Å². The van der Waals surface area contributed by atoms with E-state index in [0.717, 1.165) is 5.56 Å². The van der Waals surface area contributed by atoms with Crippen LogP contribution >= 0.6 is 0 Å². The Morgan fingerprint density at radius 3 is 2.29 bits per heavy atom. The third kappa shape index (κ3) is 3.88. The summed E-state index contributed by atoms with van der Waals surface area (Å²) in [5, 5.41) is 0. The molecule has 2 rings (SSSR count). The molecule has 1 unspecified atom stereocenters. The molecule has 0 amide bonds. The Morgan fingerprint density at radius 2 is 1.71 bits per heavy atom. The van der Waals surface area contributed by atoms with Gasteiger partial charge in [-0.05, 0) is 50.6 Å². The second-order valence-corrected chi connectivity index (χ2v) is 7.40. The SMILES string of the molecule is COc1ccc(OC)c(C(C)NS(=O)(=O)c2ccc(C)cc2C)c1. The molecule has 0 radical (unpaired) electrons. The number of sulfonamides is 1. The van der Waals surface area contributed by atoms with Crippen molar-refractivity contribution in [3.63, 3.8) is 0 Å². The molecule has 130 valence electrons. The van der Waals surface area contributed by atoms with Gasteiger partial charge in [0.1, 0.15) is 11.5 Å². The molecule has 0 saturated carbocycles. The molecule has 0 bridgehead atoms. The van der Waals surface area contributed by atoms with Gasteiger partial charge in [0.05, 0.1) is 19.1 Å². The van der Waals surface area contributed by atoms with Crippen molar-refractivity contribution in [2.75, 3.05) is 14.2 Å². The number of ether oxygens (including phenoxy) is 2. The number of benzene rings is 2. The average Bonchev–Trinajstić information content (AvgIpc) is 2.53. The zero-order valence-corrected chi connectivity index (χ0v) is 15.4. The van der Waals surface area contributed by atoms with Gasteiger partial charge in [0, 0.05) is 11.6 Å². The maximum atomic E-state index is 12.7. The van der Waals surface area contributed by atoms with Gasteiger partial charge < -0.3 is 9.47 Å². The van der Waals surface area contributed by atoms with E-state index in [1.54, 1.807) is 58.4 Å². The van der Waals surface area contributed by atoms with Crippen LogP contribution in [0.25, 0.3) is 0 Å². The summed E-state index contributed by atoms with van der Waals surface area (Å²) < 4.78 is 38.7. The van der Waals surface area contributed by atoms with Crippen LogP contribution in [0, 0.1) is 13.8 Å². The van der Waals surface area contributed by atoms with Crippen molar-refractivity contribution in [1.29, 1.82) is 0 Å². The first kappa shape index (κ1) is 18.3. The maximum absolute atomic E-state index is 12.7. The van der Waals surface area contributed by atoms with Crippen LogP contribution in [-0.2, 0) is 10.0 Å². The highest BCUT2D eigenvalue weighted by Gasteiger charge is 2.22. The number of methoxy groups -OCH3 is 2. The second-order valence-electron chi connectivity index (χ2n) is 5.72. The van der Waals surface area contributed by atoms with Gasteiger partial charge in [-0.1, -0.05) is 17.7 Å². The van der Waals surface area contributed by atoms with Gasteiger partial charge in [0.25, 0.3) is 0 Å². The number of nitrogens with one attached hydrogen (secondary N) is 1. The highest BCUT2D eigenvalue weighted by Crippen LogP contribution is 2.30. The normalized spacial score (nSPS) is 12.7. The van der Waals surface area contributed by atoms with E-state index in [2.05, 4.69) is 4.72 Å². The summed E-state index contributed by atoms with van der Waals surface area (Å²) in [5.41, 5.74) is 2.45. The molecule has 0 aliphatic rings. The van der Waals surface area contributed by atoms with Crippen molar-refractivity contribution in [2.24, 2.45) is 0 Å². The fourth-order valence-electron chi connectivity index (χ4n) is 2.64. The van der Waals surface area contributed by atoms with Crippen LogP contribution in [0.5, 0.6) is 11.5 Å². The highest BCUT2D eigenvalue weighted by atomic mass is 32.2. The smallest absolute Gasteiger partial charge is 0.241 e. The molecule has 0 fully saturated rings. The molecule has 0 spiro atoms. The minimum absolute atomic E-state index is 0.279. The minimum Gasteiger partial charge on any atom is -0.497 e. The molecule has 0 saturated heterocycles. The van der Waals surface area contributed by atoms with E-state index in [9.17, 15) is 8.42 Å². The molecule has 0 aliphatic carbocycles. The lowest BCUT2D eigenvalue weighted by molar-refractivity contribution is 0.395. The quantitative estimate of drug-likeness (QED) is 0.868. The summed E-state index contributed by atoms with van der Waals surface area (Å²) in [6.07, 6.45) is 0. The zero-order valence-electron chi connectivity index (χ0n) is 14.6. The van der Waals surface area contributed by atoms with Gasteiger partial charge in [0.2, 0.25) is 10.0 Å². The number of rotatable bonds is 6. The molecule has 1 atom stereocenters.